The van der Waals surface area contributed by atoms with Gasteiger partial charge in [0.15, 0.2) is 0 Å². The molecule has 116 valence electrons. The highest BCUT2D eigenvalue weighted by Crippen LogP contribution is 2.45. The van der Waals surface area contributed by atoms with Crippen LogP contribution in [0.5, 0.6) is 0 Å². The number of carbonyl (C=O) groups is 3. The van der Waals surface area contributed by atoms with Gasteiger partial charge < -0.3 is 5.73 Å². The zero-order chi connectivity index (χ0) is 15.7. The summed E-state index contributed by atoms with van der Waals surface area (Å²) in [5.74, 6) is -0.580. The molecule has 1 aliphatic heterocycles. The van der Waals surface area contributed by atoms with E-state index in [-0.39, 0.29) is 18.4 Å². The van der Waals surface area contributed by atoms with Crippen molar-refractivity contribution in [2.75, 3.05) is 0 Å². The number of nitrogens with two attached hydrogens (primary N) is 1. The van der Waals surface area contributed by atoms with Gasteiger partial charge in [-0.2, -0.15) is 0 Å². The average molecular weight is 300 g/mol. The van der Waals surface area contributed by atoms with E-state index in [1.807, 2.05) is 0 Å². The van der Waals surface area contributed by atoms with E-state index in [2.05, 4.69) is 0 Å². The fourth-order valence-corrected chi connectivity index (χ4v) is 3.60. The third kappa shape index (κ3) is 2.51. The number of rotatable bonds is 3. The van der Waals surface area contributed by atoms with Crippen LogP contribution in [0.1, 0.15) is 54.4 Å². The van der Waals surface area contributed by atoms with E-state index in [1.165, 1.54) is 4.90 Å². The average Bonchev–Trinajstić information content (AvgIpc) is 2.73. The predicted octanol–water partition coefficient (Wildman–Crippen LogP) is 1.99. The van der Waals surface area contributed by atoms with Gasteiger partial charge in [-0.25, -0.2) is 0 Å². The number of carbonyl (C=O) groups excluding carboxylic acids is 3. The van der Waals surface area contributed by atoms with Crippen molar-refractivity contribution in [3.8, 4) is 0 Å². The smallest absolute Gasteiger partial charge is 0.248 e. The maximum absolute atomic E-state index is 12.7. The Hall–Kier alpha value is -2.17. The molecule has 1 aliphatic carbocycles. The molecule has 1 heterocycles. The Bertz CT molecular complexity index is 615. The molecule has 1 aromatic rings. The van der Waals surface area contributed by atoms with Crippen LogP contribution in [-0.4, -0.2) is 22.6 Å². The van der Waals surface area contributed by atoms with Crippen LogP contribution in [0.15, 0.2) is 24.3 Å². The molecular formula is C17H20N2O3. The summed E-state index contributed by atoms with van der Waals surface area (Å²) < 4.78 is 0. The van der Waals surface area contributed by atoms with Gasteiger partial charge in [0.1, 0.15) is 0 Å². The minimum Gasteiger partial charge on any atom is -0.366 e. The number of hydrogen-bond acceptors (Lipinski definition) is 3. The summed E-state index contributed by atoms with van der Waals surface area (Å²) in [5, 5.41) is 0. The molecule has 22 heavy (non-hydrogen) atoms. The van der Waals surface area contributed by atoms with Crippen molar-refractivity contribution in [2.45, 2.75) is 45.1 Å². The lowest BCUT2D eigenvalue weighted by Gasteiger charge is -2.30. The number of likely N-dealkylation sites (tertiary alicyclic amines) is 1. The Morgan fingerprint density at radius 2 is 1.73 bits per heavy atom. The Morgan fingerprint density at radius 1 is 1.09 bits per heavy atom. The van der Waals surface area contributed by atoms with Gasteiger partial charge in [-0.15, -0.1) is 0 Å². The van der Waals surface area contributed by atoms with E-state index < -0.39 is 11.3 Å². The first-order valence-electron chi connectivity index (χ1n) is 7.75. The van der Waals surface area contributed by atoms with Gasteiger partial charge in [-0.1, -0.05) is 31.4 Å². The normalized spacial score (nSPS) is 20.6. The molecular weight excluding hydrogens is 280 g/mol. The third-order valence-corrected chi connectivity index (χ3v) is 4.88. The van der Waals surface area contributed by atoms with Gasteiger partial charge in [-0.3, -0.25) is 19.3 Å². The summed E-state index contributed by atoms with van der Waals surface area (Å²) in [7, 11) is 0. The zero-order valence-corrected chi connectivity index (χ0v) is 12.5. The molecule has 0 atom stereocenters. The van der Waals surface area contributed by atoms with Gasteiger partial charge in [0.25, 0.3) is 0 Å². The molecule has 1 saturated carbocycles. The molecule has 2 N–H and O–H groups in total. The topological polar surface area (TPSA) is 80.5 Å². The lowest BCUT2D eigenvalue weighted by molar-refractivity contribution is -0.142. The molecule has 2 fully saturated rings. The fourth-order valence-electron chi connectivity index (χ4n) is 3.60. The standard InChI is InChI=1S/C17H20N2O3/c18-15(21)13-6-4-12(5-7-13)11-19-14(20)10-17(16(19)22)8-2-1-3-9-17/h4-7H,1-3,8-11H2,(H2,18,21). The van der Waals surface area contributed by atoms with Gasteiger partial charge in [-0.05, 0) is 30.5 Å². The quantitative estimate of drug-likeness (QED) is 0.867. The Labute approximate surface area is 129 Å². The molecule has 3 amide bonds. The summed E-state index contributed by atoms with van der Waals surface area (Å²) in [5.41, 5.74) is 6.02. The highest BCUT2D eigenvalue weighted by Gasteiger charge is 2.51. The third-order valence-electron chi connectivity index (χ3n) is 4.88. The first-order chi connectivity index (χ1) is 10.5. The van der Waals surface area contributed by atoms with Gasteiger partial charge in [0.2, 0.25) is 17.7 Å². The minimum atomic E-state index is -0.485. The molecule has 0 aromatic heterocycles. The molecule has 5 heteroatoms. The molecule has 0 radical (unpaired) electrons. The van der Waals surface area contributed by atoms with Crippen LogP contribution < -0.4 is 5.73 Å². The number of imide groups is 1. The maximum atomic E-state index is 12.7. The number of nitrogens with zero attached hydrogens (tertiary/aromatic N) is 1. The summed E-state index contributed by atoms with van der Waals surface area (Å²) in [6.07, 6.45) is 5.21. The van der Waals surface area contributed by atoms with Crippen molar-refractivity contribution in [2.24, 2.45) is 11.1 Å². The highest BCUT2D eigenvalue weighted by molar-refractivity contribution is 6.05. The van der Waals surface area contributed by atoms with Crippen molar-refractivity contribution in [3.63, 3.8) is 0 Å². The Kier molecular flexibility index (Phi) is 3.72. The van der Waals surface area contributed by atoms with E-state index in [9.17, 15) is 14.4 Å². The first-order valence-corrected chi connectivity index (χ1v) is 7.75. The summed E-state index contributed by atoms with van der Waals surface area (Å²) >= 11 is 0. The van der Waals surface area contributed by atoms with Crippen LogP contribution >= 0.6 is 0 Å². The van der Waals surface area contributed by atoms with Crippen molar-refractivity contribution in [1.29, 1.82) is 0 Å². The van der Waals surface area contributed by atoms with Crippen molar-refractivity contribution in [1.82, 2.24) is 4.90 Å². The number of benzene rings is 1. The molecule has 2 aliphatic rings. The summed E-state index contributed by atoms with van der Waals surface area (Å²) in [4.78, 5) is 37.4. The van der Waals surface area contributed by atoms with Crippen molar-refractivity contribution in [3.05, 3.63) is 35.4 Å². The number of hydrogen-bond donors (Lipinski definition) is 1. The molecule has 1 saturated heterocycles. The van der Waals surface area contributed by atoms with E-state index in [0.717, 1.165) is 37.7 Å². The molecule has 1 aromatic carbocycles. The van der Waals surface area contributed by atoms with Crippen LogP contribution in [0, 0.1) is 5.41 Å². The van der Waals surface area contributed by atoms with E-state index in [0.29, 0.717) is 12.0 Å². The van der Waals surface area contributed by atoms with Gasteiger partial charge in [0, 0.05) is 12.0 Å². The predicted molar refractivity (Wildman–Crippen MR) is 80.7 cm³/mol. The second-order valence-electron chi connectivity index (χ2n) is 6.36. The summed E-state index contributed by atoms with van der Waals surface area (Å²) in [6, 6.07) is 6.73. The fraction of sp³-hybridized carbons (Fsp3) is 0.471. The number of amides is 3. The second kappa shape index (κ2) is 5.55. The van der Waals surface area contributed by atoms with Gasteiger partial charge >= 0.3 is 0 Å². The molecule has 5 nitrogen and oxygen atoms in total. The van der Waals surface area contributed by atoms with Crippen LogP contribution in [-0.2, 0) is 16.1 Å². The SMILES string of the molecule is NC(=O)c1ccc(CN2C(=O)CC3(CCCCC3)C2=O)cc1. The molecule has 0 bridgehead atoms. The van der Waals surface area contributed by atoms with E-state index >= 15 is 0 Å². The van der Waals surface area contributed by atoms with Crippen LogP contribution in [0.4, 0.5) is 0 Å². The van der Waals surface area contributed by atoms with Crippen molar-refractivity contribution >= 4 is 17.7 Å². The lowest BCUT2D eigenvalue weighted by atomic mass is 9.73. The number of primary amides is 1. The molecule has 1 spiro atoms. The lowest BCUT2D eigenvalue weighted by Crippen LogP contribution is -2.36. The first kappa shape index (κ1) is 14.8. The Morgan fingerprint density at radius 3 is 2.32 bits per heavy atom. The minimum absolute atomic E-state index is 0.0174. The second-order valence-corrected chi connectivity index (χ2v) is 6.36. The van der Waals surface area contributed by atoms with Crippen LogP contribution in [0.2, 0.25) is 0 Å². The zero-order valence-electron chi connectivity index (χ0n) is 12.5. The van der Waals surface area contributed by atoms with Crippen molar-refractivity contribution < 1.29 is 14.4 Å². The Balaban J connectivity index is 1.76. The van der Waals surface area contributed by atoms with Crippen LogP contribution in [0.3, 0.4) is 0 Å². The summed E-state index contributed by atoms with van der Waals surface area (Å²) in [6.45, 7) is 0.276. The van der Waals surface area contributed by atoms with Gasteiger partial charge in [0.05, 0.1) is 12.0 Å². The van der Waals surface area contributed by atoms with E-state index in [1.54, 1.807) is 24.3 Å². The largest absolute Gasteiger partial charge is 0.366 e. The molecule has 0 unspecified atom stereocenters. The molecule has 3 rings (SSSR count). The van der Waals surface area contributed by atoms with Crippen LogP contribution in [0.25, 0.3) is 0 Å². The maximum Gasteiger partial charge on any atom is 0.248 e. The highest BCUT2D eigenvalue weighted by atomic mass is 16.2. The van der Waals surface area contributed by atoms with E-state index in [4.69, 9.17) is 5.73 Å². The monoisotopic (exact) mass is 300 g/mol.